The van der Waals surface area contributed by atoms with Crippen molar-refractivity contribution in [1.82, 2.24) is 15.0 Å². The molecule has 32 heavy (non-hydrogen) atoms. The molecule has 0 radical (unpaired) electrons. The van der Waals surface area contributed by atoms with Gasteiger partial charge in [0, 0.05) is 54.0 Å². The topological polar surface area (TPSA) is 89.0 Å². The number of nitrogens with one attached hydrogen (secondary N) is 2. The number of ether oxygens (including phenoxy) is 1. The lowest BCUT2D eigenvalue weighted by Crippen LogP contribution is -2.19. The van der Waals surface area contributed by atoms with Crippen LogP contribution in [0.2, 0.25) is 0 Å². The Hall–Kier alpha value is -3.87. The summed E-state index contributed by atoms with van der Waals surface area (Å²) in [6.07, 6.45) is 1.82. The van der Waals surface area contributed by atoms with E-state index >= 15 is 0 Å². The summed E-state index contributed by atoms with van der Waals surface area (Å²) < 4.78 is 41.7. The van der Waals surface area contributed by atoms with E-state index in [1.165, 1.54) is 12.3 Å². The highest BCUT2D eigenvalue weighted by Crippen LogP contribution is 2.31. The highest BCUT2D eigenvalue weighted by Gasteiger charge is 2.30. The lowest BCUT2D eigenvalue weighted by Gasteiger charge is -2.09. The van der Waals surface area contributed by atoms with Gasteiger partial charge in [-0.1, -0.05) is 11.8 Å². The number of alkyl halides is 3. The van der Waals surface area contributed by atoms with E-state index in [-0.39, 0.29) is 17.7 Å². The van der Waals surface area contributed by atoms with Crippen molar-refractivity contribution in [2.24, 2.45) is 5.92 Å². The molecule has 3 aromatic heterocycles. The highest BCUT2D eigenvalue weighted by molar-refractivity contribution is 5.99. The number of carbonyl (C=O) groups is 1. The van der Waals surface area contributed by atoms with Crippen molar-refractivity contribution < 1.29 is 22.7 Å². The number of hydrogen-bond donors (Lipinski definition) is 2. The van der Waals surface area contributed by atoms with Crippen LogP contribution in [0.1, 0.15) is 24.0 Å². The van der Waals surface area contributed by atoms with Crippen LogP contribution in [-0.4, -0.2) is 40.7 Å². The number of nitrogens with zero attached hydrogens (tertiary/aromatic N) is 3. The van der Waals surface area contributed by atoms with E-state index < -0.39 is 12.8 Å². The first-order valence-electron chi connectivity index (χ1n) is 9.77. The van der Waals surface area contributed by atoms with Gasteiger partial charge in [-0.15, -0.1) is 0 Å². The second kappa shape index (κ2) is 8.70. The van der Waals surface area contributed by atoms with Gasteiger partial charge >= 0.3 is 6.18 Å². The van der Waals surface area contributed by atoms with Crippen LogP contribution >= 0.6 is 0 Å². The van der Waals surface area contributed by atoms with E-state index in [4.69, 9.17) is 0 Å². The smallest absolute Gasteiger partial charge is 0.422 e. The molecule has 0 unspecified atom stereocenters. The molecule has 0 aliphatic heterocycles. The number of rotatable bonds is 5. The fraction of sp³-hybridized carbons (Fsp3) is 0.273. The van der Waals surface area contributed by atoms with Crippen molar-refractivity contribution in [1.29, 1.82) is 0 Å². The van der Waals surface area contributed by atoms with Gasteiger partial charge in [0.15, 0.2) is 6.61 Å². The SMILES string of the molecule is CNc1ncc(C#Cc2ccnc(OCC(F)(F)F)c2)c2cc(NC(=O)C3CC3)ncc12. The number of pyridine rings is 3. The standard InChI is InChI=1S/C22H18F3N5O2/c1-26-20-17-11-28-18(30-21(31)14-4-5-14)9-16(17)15(10-29-20)3-2-13-6-7-27-19(8-13)32-12-22(23,24)25/h6-11,14H,4-5,12H2,1H3,(H,26,29)(H,28,30,31). The van der Waals surface area contributed by atoms with Crippen LogP contribution in [-0.2, 0) is 4.79 Å². The monoisotopic (exact) mass is 441 g/mol. The number of amides is 1. The van der Waals surface area contributed by atoms with Crippen LogP contribution in [0.15, 0.2) is 36.8 Å². The fourth-order valence-electron chi connectivity index (χ4n) is 2.94. The molecule has 164 valence electrons. The predicted octanol–water partition coefficient (Wildman–Crippen LogP) is 3.76. The van der Waals surface area contributed by atoms with Gasteiger partial charge in [-0.3, -0.25) is 4.79 Å². The second-order valence-electron chi connectivity index (χ2n) is 7.19. The zero-order valence-electron chi connectivity index (χ0n) is 17.0. The molecule has 3 aromatic rings. The van der Waals surface area contributed by atoms with Crippen molar-refractivity contribution in [3.63, 3.8) is 0 Å². The Morgan fingerprint density at radius 2 is 1.97 bits per heavy atom. The van der Waals surface area contributed by atoms with Crippen molar-refractivity contribution in [3.05, 3.63) is 47.9 Å². The maximum absolute atomic E-state index is 12.4. The van der Waals surface area contributed by atoms with Gasteiger partial charge in [-0.25, -0.2) is 15.0 Å². The number of fused-ring (bicyclic) bond motifs is 1. The number of halogens is 3. The summed E-state index contributed by atoms with van der Waals surface area (Å²) in [5.74, 6) is 6.71. The Bertz CT molecular complexity index is 1230. The molecule has 2 N–H and O–H groups in total. The normalized spacial score (nSPS) is 13.2. The lowest BCUT2D eigenvalue weighted by atomic mass is 10.1. The molecular weight excluding hydrogens is 423 g/mol. The molecule has 1 aliphatic rings. The van der Waals surface area contributed by atoms with Crippen molar-refractivity contribution in [2.45, 2.75) is 19.0 Å². The van der Waals surface area contributed by atoms with E-state index in [0.29, 0.717) is 28.1 Å². The predicted molar refractivity (Wildman–Crippen MR) is 112 cm³/mol. The summed E-state index contributed by atoms with van der Waals surface area (Å²) in [5, 5.41) is 7.24. The summed E-state index contributed by atoms with van der Waals surface area (Å²) in [6, 6.07) is 4.62. The van der Waals surface area contributed by atoms with Gasteiger partial charge in [-0.05, 0) is 25.0 Å². The zero-order chi connectivity index (χ0) is 22.7. The first kappa shape index (κ1) is 21.4. The van der Waals surface area contributed by atoms with Gasteiger partial charge in [0.2, 0.25) is 11.8 Å². The molecule has 4 rings (SSSR count). The van der Waals surface area contributed by atoms with Crippen LogP contribution in [0.25, 0.3) is 10.8 Å². The summed E-state index contributed by atoms with van der Waals surface area (Å²) in [6.45, 7) is -1.43. The Morgan fingerprint density at radius 3 is 2.69 bits per heavy atom. The zero-order valence-corrected chi connectivity index (χ0v) is 17.0. The van der Waals surface area contributed by atoms with Gasteiger partial charge < -0.3 is 15.4 Å². The largest absolute Gasteiger partial charge is 0.468 e. The third-order valence-corrected chi connectivity index (χ3v) is 4.67. The third-order valence-electron chi connectivity index (χ3n) is 4.67. The fourth-order valence-corrected chi connectivity index (χ4v) is 2.94. The average molecular weight is 441 g/mol. The summed E-state index contributed by atoms with van der Waals surface area (Å²) in [4.78, 5) is 24.5. The molecular formula is C22H18F3N5O2. The number of aromatic nitrogens is 3. The molecule has 3 heterocycles. The molecule has 0 spiro atoms. The highest BCUT2D eigenvalue weighted by atomic mass is 19.4. The third kappa shape index (κ3) is 5.24. The van der Waals surface area contributed by atoms with Gasteiger partial charge in [0.25, 0.3) is 0 Å². The van der Waals surface area contributed by atoms with Crippen molar-refractivity contribution in [2.75, 3.05) is 24.3 Å². The van der Waals surface area contributed by atoms with Gasteiger partial charge in [0.05, 0.1) is 5.56 Å². The van der Waals surface area contributed by atoms with Crippen molar-refractivity contribution in [3.8, 4) is 17.7 Å². The summed E-state index contributed by atoms with van der Waals surface area (Å²) >= 11 is 0. The quantitative estimate of drug-likeness (QED) is 0.587. The Kier molecular flexibility index (Phi) is 5.81. The second-order valence-corrected chi connectivity index (χ2v) is 7.19. The molecule has 7 nitrogen and oxygen atoms in total. The van der Waals surface area contributed by atoms with Crippen LogP contribution in [0.5, 0.6) is 5.88 Å². The molecule has 10 heteroatoms. The maximum Gasteiger partial charge on any atom is 0.422 e. The van der Waals surface area contributed by atoms with E-state index in [1.807, 2.05) is 0 Å². The Morgan fingerprint density at radius 1 is 1.16 bits per heavy atom. The minimum atomic E-state index is -4.45. The molecule has 1 fully saturated rings. The average Bonchev–Trinajstić information content (AvgIpc) is 3.61. The van der Waals surface area contributed by atoms with E-state index in [0.717, 1.165) is 18.2 Å². The Balaban J connectivity index is 1.64. The van der Waals surface area contributed by atoms with Crippen LogP contribution in [0.4, 0.5) is 24.8 Å². The van der Waals surface area contributed by atoms with Crippen LogP contribution < -0.4 is 15.4 Å². The van der Waals surface area contributed by atoms with Crippen molar-refractivity contribution >= 4 is 28.3 Å². The molecule has 0 saturated heterocycles. The Labute approximate surface area is 181 Å². The van der Waals surface area contributed by atoms with E-state index in [1.54, 1.807) is 31.6 Å². The lowest BCUT2D eigenvalue weighted by molar-refractivity contribution is -0.154. The first-order valence-corrected chi connectivity index (χ1v) is 9.77. The first-order chi connectivity index (χ1) is 15.3. The number of carbonyl (C=O) groups excluding carboxylic acids is 1. The maximum atomic E-state index is 12.4. The molecule has 1 saturated carbocycles. The van der Waals surface area contributed by atoms with Gasteiger partial charge in [-0.2, -0.15) is 13.2 Å². The minimum Gasteiger partial charge on any atom is -0.468 e. The van der Waals surface area contributed by atoms with Crippen LogP contribution in [0.3, 0.4) is 0 Å². The molecule has 0 bridgehead atoms. The minimum absolute atomic E-state index is 0.0394. The van der Waals surface area contributed by atoms with E-state index in [9.17, 15) is 18.0 Å². The molecule has 0 atom stereocenters. The van der Waals surface area contributed by atoms with Crippen LogP contribution in [0, 0.1) is 17.8 Å². The van der Waals surface area contributed by atoms with Gasteiger partial charge in [0.1, 0.15) is 11.6 Å². The number of anilines is 2. The molecule has 1 aliphatic carbocycles. The molecule has 0 aromatic carbocycles. The molecule has 1 amide bonds. The summed E-state index contributed by atoms with van der Waals surface area (Å²) in [7, 11) is 1.73. The number of hydrogen-bond acceptors (Lipinski definition) is 6. The summed E-state index contributed by atoms with van der Waals surface area (Å²) in [5.41, 5.74) is 0.997. The van der Waals surface area contributed by atoms with E-state index in [2.05, 4.69) is 42.2 Å².